The Kier molecular flexibility index (Phi) is 7.22. The van der Waals surface area contributed by atoms with Crippen molar-refractivity contribution in [3.63, 3.8) is 0 Å². The van der Waals surface area contributed by atoms with Crippen molar-refractivity contribution in [1.82, 2.24) is 10.4 Å². The maximum Gasteiger partial charge on any atom is 0.264 e. The highest BCUT2D eigenvalue weighted by atomic mass is 35.5. The lowest BCUT2D eigenvalue weighted by Gasteiger charge is -2.24. The summed E-state index contributed by atoms with van der Waals surface area (Å²) in [5, 5.41) is 4.20. The molecular formula is C21H19ClN4O4S. The van der Waals surface area contributed by atoms with Crippen molar-refractivity contribution in [2.24, 2.45) is 5.10 Å². The van der Waals surface area contributed by atoms with E-state index in [-0.39, 0.29) is 10.6 Å². The van der Waals surface area contributed by atoms with Crippen LogP contribution in [0.1, 0.15) is 5.56 Å². The summed E-state index contributed by atoms with van der Waals surface area (Å²) in [7, 11) is -2.59. The molecule has 0 saturated heterocycles. The predicted octanol–water partition coefficient (Wildman–Crippen LogP) is 3.09. The number of halogens is 1. The van der Waals surface area contributed by atoms with Crippen molar-refractivity contribution in [3.05, 3.63) is 83.6 Å². The number of hydrogen-bond donors (Lipinski definition) is 1. The number of rotatable bonds is 8. The van der Waals surface area contributed by atoms with Gasteiger partial charge in [0.25, 0.3) is 15.9 Å². The first-order valence-corrected chi connectivity index (χ1v) is 10.9. The minimum atomic E-state index is -4.07. The van der Waals surface area contributed by atoms with Crippen LogP contribution in [0.4, 0.5) is 5.69 Å². The Morgan fingerprint density at radius 3 is 2.52 bits per heavy atom. The molecule has 8 nitrogen and oxygen atoms in total. The van der Waals surface area contributed by atoms with Crippen LogP contribution >= 0.6 is 11.6 Å². The highest BCUT2D eigenvalue weighted by Gasteiger charge is 2.27. The highest BCUT2D eigenvalue weighted by Crippen LogP contribution is 2.27. The molecule has 0 spiro atoms. The van der Waals surface area contributed by atoms with E-state index in [0.717, 1.165) is 9.87 Å². The summed E-state index contributed by atoms with van der Waals surface area (Å²) in [6.45, 7) is -0.498. The highest BCUT2D eigenvalue weighted by molar-refractivity contribution is 7.92. The van der Waals surface area contributed by atoms with Gasteiger partial charge >= 0.3 is 0 Å². The first kappa shape index (κ1) is 22.3. The van der Waals surface area contributed by atoms with Crippen LogP contribution in [0.3, 0.4) is 0 Å². The number of nitrogens with one attached hydrogen (secondary N) is 1. The number of hydrogen-bond acceptors (Lipinski definition) is 6. The Bertz CT molecular complexity index is 1170. The molecule has 0 aliphatic heterocycles. The van der Waals surface area contributed by atoms with E-state index in [2.05, 4.69) is 15.5 Å². The number of methoxy groups -OCH3 is 1. The summed E-state index contributed by atoms with van der Waals surface area (Å²) in [5.41, 5.74) is 3.32. The fourth-order valence-electron chi connectivity index (χ4n) is 2.62. The molecule has 1 amide bonds. The molecule has 1 heterocycles. The average molecular weight is 459 g/mol. The number of carbonyl (C=O) groups excluding carboxylic acids is 1. The van der Waals surface area contributed by atoms with E-state index in [1.807, 2.05) is 0 Å². The van der Waals surface area contributed by atoms with Gasteiger partial charge in [-0.25, -0.2) is 13.8 Å². The number of nitrogens with zero attached hydrogens (tertiary/aromatic N) is 3. The number of benzene rings is 2. The summed E-state index contributed by atoms with van der Waals surface area (Å²) in [5.74, 6) is -0.112. The van der Waals surface area contributed by atoms with E-state index in [9.17, 15) is 13.2 Å². The van der Waals surface area contributed by atoms with Gasteiger partial charge in [-0.2, -0.15) is 5.10 Å². The van der Waals surface area contributed by atoms with Crippen LogP contribution in [0.15, 0.2) is 83.1 Å². The second-order valence-corrected chi connectivity index (χ2v) is 8.54. The normalized spacial score (nSPS) is 11.3. The van der Waals surface area contributed by atoms with Crippen LogP contribution in [0.5, 0.6) is 5.75 Å². The Labute approximate surface area is 185 Å². The maximum atomic E-state index is 13.3. The number of anilines is 1. The topological polar surface area (TPSA) is 101 Å². The number of sulfonamides is 1. The molecule has 10 heteroatoms. The maximum absolute atomic E-state index is 13.3. The zero-order chi connectivity index (χ0) is 22.3. The van der Waals surface area contributed by atoms with E-state index in [1.54, 1.807) is 42.7 Å². The van der Waals surface area contributed by atoms with Crippen LogP contribution < -0.4 is 14.5 Å². The second-order valence-electron chi connectivity index (χ2n) is 6.24. The lowest BCUT2D eigenvalue weighted by molar-refractivity contribution is -0.119. The van der Waals surface area contributed by atoms with Gasteiger partial charge in [0.15, 0.2) is 0 Å². The molecule has 0 aliphatic rings. The molecule has 0 saturated carbocycles. The first-order valence-electron chi connectivity index (χ1n) is 9.04. The van der Waals surface area contributed by atoms with Crippen molar-refractivity contribution in [2.45, 2.75) is 4.90 Å². The standard InChI is InChI=1S/C21H19ClN4O4S/c1-30-19-5-7-20(8-6-19)31(28,29)26(18-4-2-3-17(22)13-18)15-21(27)25-24-14-16-9-11-23-12-10-16/h2-14H,15H2,1H3,(H,25,27). The molecule has 0 aliphatic carbocycles. The zero-order valence-electron chi connectivity index (χ0n) is 16.5. The summed E-state index contributed by atoms with van der Waals surface area (Å²) in [6, 6.07) is 15.5. The van der Waals surface area contributed by atoms with Crippen molar-refractivity contribution < 1.29 is 17.9 Å². The van der Waals surface area contributed by atoms with Crippen molar-refractivity contribution in [1.29, 1.82) is 0 Å². The molecule has 1 N–H and O–H groups in total. The minimum absolute atomic E-state index is 0.00126. The second kappa shape index (κ2) is 10.1. The van der Waals surface area contributed by atoms with Gasteiger partial charge in [-0.15, -0.1) is 0 Å². The van der Waals surface area contributed by atoms with Gasteiger partial charge in [-0.05, 0) is 60.2 Å². The molecule has 2 aromatic carbocycles. The van der Waals surface area contributed by atoms with Gasteiger partial charge < -0.3 is 4.74 Å². The molecule has 31 heavy (non-hydrogen) atoms. The largest absolute Gasteiger partial charge is 0.497 e. The Morgan fingerprint density at radius 2 is 1.87 bits per heavy atom. The number of ether oxygens (including phenoxy) is 1. The van der Waals surface area contributed by atoms with Crippen LogP contribution in [0.2, 0.25) is 5.02 Å². The summed E-state index contributed by atoms with van der Waals surface area (Å²) >= 11 is 6.05. The van der Waals surface area contributed by atoms with E-state index in [1.165, 1.54) is 43.7 Å². The lowest BCUT2D eigenvalue weighted by atomic mass is 10.3. The smallest absolute Gasteiger partial charge is 0.264 e. The van der Waals surface area contributed by atoms with E-state index < -0.39 is 22.5 Å². The van der Waals surface area contributed by atoms with Gasteiger partial charge in [-0.3, -0.25) is 14.1 Å². The number of hydrazone groups is 1. The summed E-state index contributed by atoms with van der Waals surface area (Å²) in [4.78, 5) is 16.4. The van der Waals surface area contributed by atoms with E-state index >= 15 is 0 Å². The van der Waals surface area contributed by atoms with Gasteiger partial charge in [0.2, 0.25) is 0 Å². The third-order valence-corrected chi connectivity index (χ3v) is 6.16. The molecular weight excluding hydrogens is 440 g/mol. The van der Waals surface area contributed by atoms with Gasteiger partial charge in [0.05, 0.1) is 23.9 Å². The molecule has 0 atom stereocenters. The van der Waals surface area contributed by atoms with Crippen molar-refractivity contribution in [2.75, 3.05) is 18.0 Å². The van der Waals surface area contributed by atoms with E-state index in [4.69, 9.17) is 16.3 Å². The average Bonchev–Trinajstić information content (AvgIpc) is 2.78. The molecule has 160 valence electrons. The molecule has 3 aromatic rings. The predicted molar refractivity (Wildman–Crippen MR) is 119 cm³/mol. The third-order valence-electron chi connectivity index (χ3n) is 4.14. The molecule has 0 unspecified atom stereocenters. The Morgan fingerprint density at radius 1 is 1.16 bits per heavy atom. The van der Waals surface area contributed by atoms with Gasteiger partial charge in [-0.1, -0.05) is 17.7 Å². The summed E-state index contributed by atoms with van der Waals surface area (Å²) in [6.07, 6.45) is 4.61. The Balaban J connectivity index is 1.85. The molecule has 0 bridgehead atoms. The number of aromatic nitrogens is 1. The fourth-order valence-corrected chi connectivity index (χ4v) is 4.21. The quantitative estimate of drug-likeness (QED) is 0.413. The number of amides is 1. The number of pyridine rings is 1. The van der Waals surface area contributed by atoms with Gasteiger partial charge in [0.1, 0.15) is 12.3 Å². The molecule has 3 rings (SSSR count). The summed E-state index contributed by atoms with van der Waals surface area (Å²) < 4.78 is 32.6. The number of carbonyl (C=O) groups is 1. The molecule has 0 radical (unpaired) electrons. The Hall–Kier alpha value is -3.43. The first-order chi connectivity index (χ1) is 14.9. The van der Waals surface area contributed by atoms with Gasteiger partial charge in [0, 0.05) is 17.4 Å². The monoisotopic (exact) mass is 458 g/mol. The zero-order valence-corrected chi connectivity index (χ0v) is 18.0. The van der Waals surface area contributed by atoms with Crippen LogP contribution in [-0.4, -0.2) is 39.2 Å². The van der Waals surface area contributed by atoms with Crippen molar-refractivity contribution >= 4 is 39.4 Å². The SMILES string of the molecule is COc1ccc(S(=O)(=O)N(CC(=O)NN=Cc2ccncc2)c2cccc(Cl)c2)cc1. The molecule has 1 aromatic heterocycles. The van der Waals surface area contributed by atoms with Crippen LogP contribution in [-0.2, 0) is 14.8 Å². The van der Waals surface area contributed by atoms with Crippen molar-refractivity contribution in [3.8, 4) is 5.75 Å². The van der Waals surface area contributed by atoms with E-state index in [0.29, 0.717) is 10.8 Å². The minimum Gasteiger partial charge on any atom is -0.497 e. The molecule has 0 fully saturated rings. The lowest BCUT2D eigenvalue weighted by Crippen LogP contribution is -2.39. The fraction of sp³-hybridized carbons (Fsp3) is 0.0952. The van der Waals surface area contributed by atoms with Crippen LogP contribution in [0.25, 0.3) is 0 Å². The van der Waals surface area contributed by atoms with Crippen LogP contribution in [0, 0.1) is 0 Å². The third kappa shape index (κ3) is 5.80.